The van der Waals surface area contributed by atoms with Gasteiger partial charge in [-0.2, -0.15) is 0 Å². The van der Waals surface area contributed by atoms with Crippen LogP contribution in [0.5, 0.6) is 0 Å². The fourth-order valence-electron chi connectivity index (χ4n) is 4.24. The Hall–Kier alpha value is -1.14. The molecule has 1 atom stereocenters. The first-order valence-electron chi connectivity index (χ1n) is 9.30. The van der Waals surface area contributed by atoms with Crippen molar-refractivity contribution in [3.8, 4) is 0 Å². The number of rotatable bonds is 6. The highest BCUT2D eigenvalue weighted by molar-refractivity contribution is 9.10. The topological polar surface area (TPSA) is 56.7 Å². The molecular weight excluding hydrogens is 382 g/mol. The lowest BCUT2D eigenvalue weighted by Gasteiger charge is -2.35. The summed E-state index contributed by atoms with van der Waals surface area (Å²) in [6.45, 7) is 2.83. The number of aromatic nitrogens is 1. The van der Waals surface area contributed by atoms with Gasteiger partial charge in [-0.15, -0.1) is 0 Å². The normalized spacial score (nSPS) is 23.2. The van der Waals surface area contributed by atoms with Crippen molar-refractivity contribution in [3.63, 3.8) is 0 Å². The largest absolute Gasteiger partial charge is 0.481 e. The number of carboxylic acid groups (broad SMARTS) is 1. The van der Waals surface area contributed by atoms with Crippen LogP contribution in [0.15, 0.2) is 22.8 Å². The minimum Gasteiger partial charge on any atom is -0.481 e. The summed E-state index contributed by atoms with van der Waals surface area (Å²) < 4.78 is 0.996. The van der Waals surface area contributed by atoms with Crippen molar-refractivity contribution in [2.45, 2.75) is 51.0 Å². The van der Waals surface area contributed by atoms with Crippen molar-refractivity contribution in [1.29, 1.82) is 0 Å². The molecule has 138 valence electrons. The molecule has 0 bridgehead atoms. The Morgan fingerprint density at radius 3 is 2.80 bits per heavy atom. The van der Waals surface area contributed by atoms with Crippen molar-refractivity contribution in [3.05, 3.63) is 22.8 Å². The average molecular weight is 410 g/mol. The Morgan fingerprint density at radius 1 is 1.40 bits per heavy atom. The third-order valence-corrected chi connectivity index (χ3v) is 6.50. The van der Waals surface area contributed by atoms with Gasteiger partial charge in [-0.25, -0.2) is 4.98 Å². The van der Waals surface area contributed by atoms with E-state index in [1.807, 2.05) is 18.3 Å². The summed E-state index contributed by atoms with van der Waals surface area (Å²) >= 11 is 3.43. The molecule has 25 heavy (non-hydrogen) atoms. The minimum absolute atomic E-state index is 0.472. The second kappa shape index (κ2) is 8.04. The van der Waals surface area contributed by atoms with E-state index in [1.54, 1.807) is 0 Å². The van der Waals surface area contributed by atoms with Crippen LogP contribution >= 0.6 is 15.9 Å². The van der Waals surface area contributed by atoms with Crippen molar-refractivity contribution in [1.82, 2.24) is 9.88 Å². The molecule has 3 rings (SSSR count). The smallest absolute Gasteiger partial charge is 0.309 e. The van der Waals surface area contributed by atoms with Gasteiger partial charge in [0.05, 0.1) is 5.41 Å². The van der Waals surface area contributed by atoms with E-state index >= 15 is 0 Å². The fourth-order valence-corrected chi connectivity index (χ4v) is 4.47. The molecule has 2 heterocycles. The lowest BCUT2D eigenvalue weighted by molar-refractivity contribution is -0.151. The predicted octanol–water partition coefficient (Wildman–Crippen LogP) is 3.78. The molecule has 2 fully saturated rings. The van der Waals surface area contributed by atoms with Gasteiger partial charge in [-0.3, -0.25) is 4.79 Å². The minimum atomic E-state index is -0.590. The van der Waals surface area contributed by atoms with Crippen LogP contribution in [0.4, 0.5) is 5.82 Å². The number of pyridine rings is 1. The maximum absolute atomic E-state index is 11.8. The molecule has 0 amide bonds. The summed E-state index contributed by atoms with van der Waals surface area (Å²) in [5.41, 5.74) is -0.488. The second-order valence-electron chi connectivity index (χ2n) is 7.60. The van der Waals surface area contributed by atoms with Crippen LogP contribution in [0.3, 0.4) is 0 Å². The summed E-state index contributed by atoms with van der Waals surface area (Å²) in [4.78, 5) is 21.0. The van der Waals surface area contributed by atoms with Crippen molar-refractivity contribution >= 4 is 27.7 Å². The first-order chi connectivity index (χ1) is 12.0. The zero-order valence-electron chi connectivity index (χ0n) is 15.0. The molecule has 1 unspecified atom stereocenters. The van der Waals surface area contributed by atoms with E-state index < -0.39 is 11.4 Å². The SMILES string of the molecule is CN(CCC1(C(=O)O)CCCCC1)C1CCN(c2ccc(Br)cn2)C1. The zero-order chi connectivity index (χ0) is 17.9. The van der Waals surface area contributed by atoms with Crippen molar-refractivity contribution < 1.29 is 9.90 Å². The number of halogens is 1. The number of hydrogen-bond acceptors (Lipinski definition) is 4. The van der Waals surface area contributed by atoms with Gasteiger partial charge in [-0.05, 0) is 67.3 Å². The molecule has 1 aliphatic carbocycles. The molecule has 2 aliphatic rings. The number of carboxylic acids is 1. The third-order valence-electron chi connectivity index (χ3n) is 6.03. The van der Waals surface area contributed by atoms with E-state index in [-0.39, 0.29) is 0 Å². The standard InChI is InChI=1S/C19H28BrN3O2/c1-22(12-10-19(18(24)25)8-3-2-4-9-19)16-7-11-23(14-16)17-6-5-15(20)13-21-17/h5-6,13,16H,2-4,7-12,14H2,1H3,(H,24,25). The van der Waals surface area contributed by atoms with Crippen LogP contribution in [0, 0.1) is 5.41 Å². The number of anilines is 1. The van der Waals surface area contributed by atoms with E-state index in [2.05, 4.69) is 37.8 Å². The van der Waals surface area contributed by atoms with Gasteiger partial charge < -0.3 is 14.9 Å². The van der Waals surface area contributed by atoms with E-state index in [0.717, 1.165) is 68.4 Å². The average Bonchev–Trinajstić information content (AvgIpc) is 3.11. The van der Waals surface area contributed by atoms with Crippen LogP contribution in [0.25, 0.3) is 0 Å². The molecule has 1 N–H and O–H groups in total. The summed E-state index contributed by atoms with van der Waals surface area (Å²) in [5, 5.41) is 9.74. The quantitative estimate of drug-likeness (QED) is 0.774. The lowest BCUT2D eigenvalue weighted by Crippen LogP contribution is -2.40. The first kappa shape index (κ1) is 18.6. The third kappa shape index (κ3) is 4.34. The molecule has 1 saturated carbocycles. The Morgan fingerprint density at radius 2 is 2.16 bits per heavy atom. The van der Waals surface area contributed by atoms with E-state index in [0.29, 0.717) is 6.04 Å². The number of hydrogen-bond donors (Lipinski definition) is 1. The molecule has 5 nitrogen and oxygen atoms in total. The molecule has 0 radical (unpaired) electrons. The highest BCUT2D eigenvalue weighted by Gasteiger charge is 2.39. The molecular formula is C19H28BrN3O2. The second-order valence-corrected chi connectivity index (χ2v) is 8.52. The van der Waals surface area contributed by atoms with E-state index in [9.17, 15) is 9.90 Å². The van der Waals surface area contributed by atoms with Gasteiger partial charge in [0.25, 0.3) is 0 Å². The monoisotopic (exact) mass is 409 g/mol. The highest BCUT2D eigenvalue weighted by atomic mass is 79.9. The van der Waals surface area contributed by atoms with Crippen LogP contribution in [-0.2, 0) is 4.79 Å². The molecule has 1 aromatic heterocycles. The van der Waals surface area contributed by atoms with Crippen LogP contribution in [0.2, 0.25) is 0 Å². The van der Waals surface area contributed by atoms with Gasteiger partial charge in [0.1, 0.15) is 5.82 Å². The molecule has 6 heteroatoms. The molecule has 1 aliphatic heterocycles. The Labute approximate surface area is 158 Å². The predicted molar refractivity (Wildman–Crippen MR) is 103 cm³/mol. The van der Waals surface area contributed by atoms with Gasteiger partial charge in [0.15, 0.2) is 0 Å². The van der Waals surface area contributed by atoms with E-state index in [4.69, 9.17) is 0 Å². The molecule has 0 aromatic carbocycles. The summed E-state index contributed by atoms with van der Waals surface area (Å²) in [7, 11) is 2.14. The molecule has 1 saturated heterocycles. The van der Waals surface area contributed by atoms with E-state index in [1.165, 1.54) is 6.42 Å². The van der Waals surface area contributed by atoms with Crippen LogP contribution < -0.4 is 4.90 Å². The fraction of sp³-hybridized carbons (Fsp3) is 0.684. The molecule has 1 aromatic rings. The van der Waals surface area contributed by atoms with Crippen molar-refractivity contribution in [2.24, 2.45) is 5.41 Å². The maximum atomic E-state index is 11.8. The lowest BCUT2D eigenvalue weighted by atomic mass is 9.72. The van der Waals surface area contributed by atoms with Gasteiger partial charge in [-0.1, -0.05) is 19.3 Å². The number of nitrogens with zero attached hydrogens (tertiary/aromatic N) is 3. The highest BCUT2D eigenvalue weighted by Crippen LogP contribution is 2.40. The number of aliphatic carboxylic acids is 1. The Balaban J connectivity index is 1.54. The summed E-state index contributed by atoms with van der Waals surface area (Å²) in [6.07, 6.45) is 8.70. The summed E-state index contributed by atoms with van der Waals surface area (Å²) in [5.74, 6) is 0.432. The van der Waals surface area contributed by atoms with Gasteiger partial charge in [0.2, 0.25) is 0 Å². The number of carbonyl (C=O) groups is 1. The number of likely N-dealkylation sites (N-methyl/N-ethyl adjacent to an activating group) is 1. The van der Waals surface area contributed by atoms with Gasteiger partial charge >= 0.3 is 5.97 Å². The van der Waals surface area contributed by atoms with Crippen LogP contribution in [0.1, 0.15) is 44.9 Å². The first-order valence-corrected chi connectivity index (χ1v) is 10.1. The summed E-state index contributed by atoms with van der Waals surface area (Å²) in [6, 6.07) is 4.55. The Kier molecular flexibility index (Phi) is 6.00. The van der Waals surface area contributed by atoms with Crippen molar-refractivity contribution in [2.75, 3.05) is 31.6 Å². The maximum Gasteiger partial charge on any atom is 0.309 e. The molecule has 0 spiro atoms. The Bertz CT molecular complexity index is 587. The van der Waals surface area contributed by atoms with Crippen LogP contribution in [-0.4, -0.2) is 53.7 Å². The zero-order valence-corrected chi connectivity index (χ0v) is 16.5. The van der Waals surface area contributed by atoms with Gasteiger partial charge in [0, 0.05) is 29.8 Å².